The van der Waals surface area contributed by atoms with E-state index in [2.05, 4.69) is 15.9 Å². The smallest absolute Gasteiger partial charge is 0.310 e. The summed E-state index contributed by atoms with van der Waals surface area (Å²) in [5, 5.41) is 9.24. The number of benzene rings is 1. The van der Waals surface area contributed by atoms with E-state index in [1.54, 1.807) is 6.92 Å². The van der Waals surface area contributed by atoms with Crippen molar-refractivity contribution in [1.82, 2.24) is 0 Å². The topological polar surface area (TPSA) is 50.1 Å². The van der Waals surface area contributed by atoms with Crippen molar-refractivity contribution in [2.24, 2.45) is 0 Å². The zero-order chi connectivity index (χ0) is 12.8. The van der Waals surface area contributed by atoms with Crippen molar-refractivity contribution in [3.63, 3.8) is 0 Å². The number of hydrogen-bond acceptors (Lipinski definition) is 3. The van der Waals surface area contributed by atoms with Crippen molar-refractivity contribution in [3.05, 3.63) is 34.6 Å². The van der Waals surface area contributed by atoms with Gasteiger partial charge in [0.1, 0.15) is 5.82 Å². The number of rotatable bonds is 4. The summed E-state index contributed by atoms with van der Waals surface area (Å²) in [4.78, 5) is 11.3. The number of ether oxygens (including phenoxy) is 1. The van der Waals surface area contributed by atoms with E-state index in [1.807, 2.05) is 6.07 Å². The normalized spacial score (nSPS) is 9.76. The Morgan fingerprint density at radius 1 is 1.53 bits per heavy atom. The minimum Gasteiger partial charge on any atom is -0.466 e. The molecule has 17 heavy (non-hydrogen) atoms. The van der Waals surface area contributed by atoms with Crippen molar-refractivity contribution < 1.29 is 13.9 Å². The van der Waals surface area contributed by atoms with Crippen LogP contribution in [0.15, 0.2) is 12.1 Å². The number of carbonyl (C=O) groups excluding carboxylic acids is 1. The second-order valence-electron chi connectivity index (χ2n) is 3.33. The van der Waals surface area contributed by atoms with E-state index in [-0.39, 0.29) is 24.2 Å². The highest BCUT2D eigenvalue weighted by Gasteiger charge is 2.12. The zero-order valence-corrected chi connectivity index (χ0v) is 10.9. The minimum absolute atomic E-state index is 0.120. The second-order valence-corrected chi connectivity index (χ2v) is 3.89. The molecule has 0 N–H and O–H groups in total. The molecule has 1 aromatic rings. The average Bonchev–Trinajstić information content (AvgIpc) is 2.31. The predicted octanol–water partition coefficient (Wildman–Crippen LogP) is 2.70. The van der Waals surface area contributed by atoms with Crippen LogP contribution in [0, 0.1) is 17.1 Å². The Morgan fingerprint density at radius 3 is 2.76 bits per heavy atom. The summed E-state index contributed by atoms with van der Waals surface area (Å²) >= 11 is 3.22. The Kier molecular flexibility index (Phi) is 5.11. The van der Waals surface area contributed by atoms with Crippen LogP contribution in [0.4, 0.5) is 4.39 Å². The molecule has 0 aliphatic carbocycles. The summed E-state index contributed by atoms with van der Waals surface area (Å²) in [6.07, 6.45) is -0.120. The molecule has 0 fully saturated rings. The lowest BCUT2D eigenvalue weighted by Gasteiger charge is -2.07. The van der Waals surface area contributed by atoms with Gasteiger partial charge >= 0.3 is 5.97 Å². The van der Waals surface area contributed by atoms with Crippen LogP contribution in [-0.2, 0) is 21.3 Å². The van der Waals surface area contributed by atoms with Gasteiger partial charge in [-0.15, -0.1) is 0 Å². The second kappa shape index (κ2) is 6.36. The maximum absolute atomic E-state index is 13.6. The number of halogens is 2. The molecule has 5 heteroatoms. The third kappa shape index (κ3) is 3.53. The summed E-state index contributed by atoms with van der Waals surface area (Å²) in [5.74, 6) is -1.03. The molecule has 0 aliphatic heterocycles. The standard InChI is InChI=1S/C12H11BrFNO2/c1-2-17-12(16)5-8-3-9(6-13)10(7-15)4-11(8)14/h3-4H,2,5-6H2,1H3. The molecular formula is C12H11BrFNO2. The molecule has 1 aromatic carbocycles. The van der Waals surface area contributed by atoms with Crippen LogP contribution >= 0.6 is 15.9 Å². The lowest BCUT2D eigenvalue weighted by Crippen LogP contribution is -2.09. The van der Waals surface area contributed by atoms with Crippen molar-refractivity contribution in [2.75, 3.05) is 6.61 Å². The van der Waals surface area contributed by atoms with Crippen LogP contribution in [0.5, 0.6) is 0 Å². The van der Waals surface area contributed by atoms with Crippen molar-refractivity contribution in [2.45, 2.75) is 18.7 Å². The van der Waals surface area contributed by atoms with E-state index in [0.717, 1.165) is 6.07 Å². The molecule has 0 atom stereocenters. The molecule has 0 spiro atoms. The molecule has 0 heterocycles. The summed E-state index contributed by atoms with van der Waals surface area (Å²) in [6.45, 7) is 1.96. The first kappa shape index (κ1) is 13.7. The molecule has 90 valence electrons. The fourth-order valence-electron chi connectivity index (χ4n) is 1.39. The fourth-order valence-corrected chi connectivity index (χ4v) is 1.85. The monoisotopic (exact) mass is 299 g/mol. The molecule has 0 bridgehead atoms. The highest BCUT2D eigenvalue weighted by molar-refractivity contribution is 9.08. The van der Waals surface area contributed by atoms with Crippen LogP contribution in [-0.4, -0.2) is 12.6 Å². The van der Waals surface area contributed by atoms with E-state index in [0.29, 0.717) is 10.9 Å². The van der Waals surface area contributed by atoms with Gasteiger partial charge in [-0.2, -0.15) is 5.26 Å². The molecule has 0 aromatic heterocycles. The van der Waals surface area contributed by atoms with Crippen LogP contribution < -0.4 is 0 Å². The summed E-state index contributed by atoms with van der Waals surface area (Å²) in [5.41, 5.74) is 1.18. The van der Waals surface area contributed by atoms with Crippen LogP contribution in [0.3, 0.4) is 0 Å². The number of esters is 1. The Balaban J connectivity index is 3.01. The number of nitriles is 1. The van der Waals surface area contributed by atoms with Gasteiger partial charge in [0.2, 0.25) is 0 Å². The number of alkyl halides is 1. The lowest BCUT2D eigenvalue weighted by molar-refractivity contribution is -0.142. The van der Waals surface area contributed by atoms with Crippen molar-refractivity contribution in [1.29, 1.82) is 5.26 Å². The first-order valence-electron chi connectivity index (χ1n) is 5.05. The quantitative estimate of drug-likeness (QED) is 0.634. The van der Waals surface area contributed by atoms with E-state index in [1.165, 1.54) is 6.07 Å². The van der Waals surface area contributed by atoms with Crippen LogP contribution in [0.25, 0.3) is 0 Å². The van der Waals surface area contributed by atoms with Crippen molar-refractivity contribution >= 4 is 21.9 Å². The SMILES string of the molecule is CCOC(=O)Cc1cc(CBr)c(C#N)cc1F. The highest BCUT2D eigenvalue weighted by Crippen LogP contribution is 2.18. The maximum Gasteiger partial charge on any atom is 0.310 e. The Hall–Kier alpha value is -1.41. The molecule has 0 saturated heterocycles. The zero-order valence-electron chi connectivity index (χ0n) is 9.30. The van der Waals surface area contributed by atoms with E-state index in [4.69, 9.17) is 10.00 Å². The summed E-state index contributed by atoms with van der Waals surface area (Å²) in [6, 6.07) is 4.56. The first-order chi connectivity index (χ1) is 8.12. The number of nitrogens with zero attached hydrogens (tertiary/aromatic N) is 1. The Morgan fingerprint density at radius 2 is 2.24 bits per heavy atom. The third-order valence-corrected chi connectivity index (χ3v) is 2.78. The molecule has 0 unspecified atom stereocenters. The van der Waals surface area contributed by atoms with Crippen molar-refractivity contribution in [3.8, 4) is 6.07 Å². The molecule has 0 radical (unpaired) electrons. The van der Waals surface area contributed by atoms with Crippen LogP contribution in [0.1, 0.15) is 23.6 Å². The van der Waals surface area contributed by atoms with Gasteiger partial charge in [0, 0.05) is 5.33 Å². The molecular weight excluding hydrogens is 289 g/mol. The molecule has 0 saturated carbocycles. The van der Waals surface area contributed by atoms with E-state index < -0.39 is 11.8 Å². The molecule has 0 amide bonds. The minimum atomic E-state index is -0.556. The van der Waals surface area contributed by atoms with E-state index >= 15 is 0 Å². The average molecular weight is 300 g/mol. The molecule has 0 aliphatic rings. The van der Waals surface area contributed by atoms with Crippen LogP contribution in [0.2, 0.25) is 0 Å². The van der Waals surface area contributed by atoms with E-state index in [9.17, 15) is 9.18 Å². The summed E-state index contributed by atoms with van der Waals surface area (Å²) in [7, 11) is 0. The number of carbonyl (C=O) groups is 1. The van der Waals surface area contributed by atoms with Gasteiger partial charge in [0.15, 0.2) is 0 Å². The van der Waals surface area contributed by atoms with Gasteiger partial charge in [-0.05, 0) is 24.1 Å². The fraction of sp³-hybridized carbons (Fsp3) is 0.333. The number of hydrogen-bond donors (Lipinski definition) is 0. The molecule has 1 rings (SSSR count). The van der Waals surface area contributed by atoms with Gasteiger partial charge in [-0.25, -0.2) is 4.39 Å². The Bertz CT molecular complexity index is 468. The van der Waals surface area contributed by atoms with Gasteiger partial charge in [-0.3, -0.25) is 4.79 Å². The maximum atomic E-state index is 13.6. The third-order valence-electron chi connectivity index (χ3n) is 2.18. The van der Waals surface area contributed by atoms with Gasteiger partial charge in [0.25, 0.3) is 0 Å². The highest BCUT2D eigenvalue weighted by atomic mass is 79.9. The lowest BCUT2D eigenvalue weighted by atomic mass is 10.0. The largest absolute Gasteiger partial charge is 0.466 e. The summed E-state index contributed by atoms with van der Waals surface area (Å²) < 4.78 is 18.3. The predicted molar refractivity (Wildman–Crippen MR) is 64.1 cm³/mol. The Labute approximate surface area is 107 Å². The molecule has 3 nitrogen and oxygen atoms in total. The van der Waals surface area contributed by atoms with Gasteiger partial charge in [-0.1, -0.05) is 22.0 Å². The van der Waals surface area contributed by atoms with Gasteiger partial charge in [0.05, 0.1) is 24.7 Å². The first-order valence-corrected chi connectivity index (χ1v) is 6.17. The van der Waals surface area contributed by atoms with Gasteiger partial charge < -0.3 is 4.74 Å².